The molecule has 0 bridgehead atoms. The zero-order chi connectivity index (χ0) is 15.1. The smallest absolute Gasteiger partial charge is 0.191 e. The van der Waals surface area contributed by atoms with Crippen LogP contribution in [0.3, 0.4) is 0 Å². The summed E-state index contributed by atoms with van der Waals surface area (Å²) in [5.41, 5.74) is 6.12. The molecule has 5 heteroatoms. The van der Waals surface area contributed by atoms with E-state index in [4.69, 9.17) is 5.73 Å². The second kappa shape index (κ2) is 10.7. The zero-order valence-corrected chi connectivity index (χ0v) is 16.8. The largest absolute Gasteiger partial charge is 0.370 e. The van der Waals surface area contributed by atoms with E-state index in [1.54, 1.807) is 0 Å². The van der Waals surface area contributed by atoms with Gasteiger partial charge in [0.25, 0.3) is 0 Å². The Hall–Kier alpha value is -0.0400. The summed E-state index contributed by atoms with van der Waals surface area (Å²) in [7, 11) is 0. The lowest BCUT2D eigenvalue weighted by Gasteiger charge is -2.31. The van der Waals surface area contributed by atoms with Crippen molar-refractivity contribution in [2.75, 3.05) is 39.3 Å². The standard InChI is InChI=1S/C17H34N4.HI/c1-15-7-12-20(13-8-15)10-4-3-9-19-17(18)21-11-5-6-16(2)14-21;/h15-16H,3-14H2,1-2H3,(H2,18,19);1H. The molecule has 2 N–H and O–H groups in total. The number of guanidine groups is 1. The van der Waals surface area contributed by atoms with Crippen molar-refractivity contribution in [2.24, 2.45) is 22.6 Å². The molecule has 2 aliphatic heterocycles. The minimum Gasteiger partial charge on any atom is -0.370 e. The van der Waals surface area contributed by atoms with Crippen LogP contribution in [0.4, 0.5) is 0 Å². The first-order valence-electron chi connectivity index (χ1n) is 8.92. The number of hydrogen-bond acceptors (Lipinski definition) is 2. The maximum atomic E-state index is 6.12. The molecule has 2 aliphatic rings. The fourth-order valence-electron chi connectivity index (χ4n) is 3.42. The van der Waals surface area contributed by atoms with Crippen molar-refractivity contribution in [3.8, 4) is 0 Å². The SMILES string of the molecule is CC1CCN(CCCCN=C(N)N2CCCC(C)C2)CC1.I. The molecule has 1 atom stereocenters. The van der Waals surface area contributed by atoms with Gasteiger partial charge in [-0.25, -0.2) is 0 Å². The van der Waals surface area contributed by atoms with Crippen LogP contribution in [0.5, 0.6) is 0 Å². The van der Waals surface area contributed by atoms with Crippen LogP contribution in [0.25, 0.3) is 0 Å². The molecular formula is C17H35IN4. The number of unbranched alkanes of at least 4 members (excludes halogenated alkanes) is 1. The van der Waals surface area contributed by atoms with E-state index in [9.17, 15) is 0 Å². The first-order chi connectivity index (χ1) is 10.1. The molecule has 0 aromatic rings. The van der Waals surface area contributed by atoms with E-state index >= 15 is 0 Å². The van der Waals surface area contributed by atoms with E-state index in [-0.39, 0.29) is 24.0 Å². The summed E-state index contributed by atoms with van der Waals surface area (Å²) in [5.74, 6) is 2.46. The molecule has 130 valence electrons. The van der Waals surface area contributed by atoms with Crippen molar-refractivity contribution >= 4 is 29.9 Å². The average Bonchev–Trinajstić information content (AvgIpc) is 2.48. The van der Waals surface area contributed by atoms with E-state index in [1.807, 2.05) is 0 Å². The number of aliphatic imine (C=N–C) groups is 1. The second-order valence-corrected chi connectivity index (χ2v) is 7.16. The first-order valence-corrected chi connectivity index (χ1v) is 8.92. The Labute approximate surface area is 153 Å². The van der Waals surface area contributed by atoms with Crippen molar-refractivity contribution in [3.63, 3.8) is 0 Å². The van der Waals surface area contributed by atoms with Crippen LogP contribution in [0, 0.1) is 11.8 Å². The molecule has 4 nitrogen and oxygen atoms in total. The van der Waals surface area contributed by atoms with E-state index in [1.165, 1.54) is 51.7 Å². The Balaban J connectivity index is 0.00000242. The number of likely N-dealkylation sites (tertiary alicyclic amines) is 2. The predicted molar refractivity (Wildman–Crippen MR) is 106 cm³/mol. The minimum absolute atomic E-state index is 0. The first kappa shape index (κ1) is 20.0. The quantitative estimate of drug-likeness (QED) is 0.321. The summed E-state index contributed by atoms with van der Waals surface area (Å²) in [4.78, 5) is 9.45. The van der Waals surface area contributed by atoms with Crippen molar-refractivity contribution in [1.82, 2.24) is 9.80 Å². The topological polar surface area (TPSA) is 44.9 Å². The Bertz CT molecular complexity index is 327. The lowest BCUT2D eigenvalue weighted by Crippen LogP contribution is -2.43. The molecule has 2 fully saturated rings. The summed E-state index contributed by atoms with van der Waals surface area (Å²) < 4.78 is 0. The highest BCUT2D eigenvalue weighted by atomic mass is 127. The number of rotatable bonds is 5. The molecule has 0 radical (unpaired) electrons. The fourth-order valence-corrected chi connectivity index (χ4v) is 3.42. The summed E-state index contributed by atoms with van der Waals surface area (Å²) in [6.45, 7) is 11.6. The number of halogens is 1. The Morgan fingerprint density at radius 1 is 1.05 bits per heavy atom. The Kier molecular flexibility index (Phi) is 9.71. The van der Waals surface area contributed by atoms with E-state index < -0.39 is 0 Å². The third kappa shape index (κ3) is 7.02. The van der Waals surface area contributed by atoms with E-state index in [0.717, 1.165) is 43.9 Å². The summed E-state index contributed by atoms with van der Waals surface area (Å²) in [5, 5.41) is 0. The van der Waals surface area contributed by atoms with Crippen molar-refractivity contribution in [3.05, 3.63) is 0 Å². The highest BCUT2D eigenvalue weighted by molar-refractivity contribution is 14.0. The van der Waals surface area contributed by atoms with Crippen LogP contribution >= 0.6 is 24.0 Å². The minimum atomic E-state index is 0. The Morgan fingerprint density at radius 3 is 2.45 bits per heavy atom. The normalized spacial score (nSPS) is 25.1. The maximum absolute atomic E-state index is 6.12. The van der Waals surface area contributed by atoms with Gasteiger partial charge < -0.3 is 15.5 Å². The van der Waals surface area contributed by atoms with Crippen molar-refractivity contribution in [1.29, 1.82) is 0 Å². The van der Waals surface area contributed by atoms with Gasteiger partial charge in [-0.1, -0.05) is 13.8 Å². The van der Waals surface area contributed by atoms with Crippen LogP contribution in [0.15, 0.2) is 4.99 Å². The molecule has 0 aromatic heterocycles. The van der Waals surface area contributed by atoms with Crippen LogP contribution < -0.4 is 5.73 Å². The highest BCUT2D eigenvalue weighted by Gasteiger charge is 2.17. The Morgan fingerprint density at radius 2 is 1.77 bits per heavy atom. The van der Waals surface area contributed by atoms with Gasteiger partial charge in [-0.15, -0.1) is 24.0 Å². The zero-order valence-electron chi connectivity index (χ0n) is 14.5. The number of nitrogens with zero attached hydrogens (tertiary/aromatic N) is 3. The molecule has 0 amide bonds. The summed E-state index contributed by atoms with van der Waals surface area (Å²) in [6, 6.07) is 0. The highest BCUT2D eigenvalue weighted by Crippen LogP contribution is 2.16. The van der Waals surface area contributed by atoms with Gasteiger partial charge in [-0.2, -0.15) is 0 Å². The predicted octanol–water partition coefficient (Wildman–Crippen LogP) is 3.16. The lowest BCUT2D eigenvalue weighted by molar-refractivity contribution is 0.190. The number of piperidine rings is 2. The van der Waals surface area contributed by atoms with Gasteiger partial charge in [0.15, 0.2) is 5.96 Å². The van der Waals surface area contributed by atoms with Crippen molar-refractivity contribution in [2.45, 2.75) is 52.4 Å². The molecule has 1 unspecified atom stereocenters. The molecule has 0 aliphatic carbocycles. The van der Waals surface area contributed by atoms with Gasteiger partial charge in [0.2, 0.25) is 0 Å². The van der Waals surface area contributed by atoms with Gasteiger partial charge in [-0.3, -0.25) is 4.99 Å². The third-order valence-corrected chi connectivity index (χ3v) is 5.01. The van der Waals surface area contributed by atoms with Crippen LogP contribution in [0.1, 0.15) is 52.4 Å². The van der Waals surface area contributed by atoms with Crippen LogP contribution in [-0.2, 0) is 0 Å². The molecule has 2 saturated heterocycles. The summed E-state index contributed by atoms with van der Waals surface area (Å²) >= 11 is 0. The second-order valence-electron chi connectivity index (χ2n) is 7.16. The van der Waals surface area contributed by atoms with Gasteiger partial charge in [0, 0.05) is 19.6 Å². The molecule has 0 saturated carbocycles. The fraction of sp³-hybridized carbons (Fsp3) is 0.941. The number of nitrogens with two attached hydrogens (primary N) is 1. The monoisotopic (exact) mass is 422 g/mol. The molecule has 22 heavy (non-hydrogen) atoms. The van der Waals surface area contributed by atoms with Gasteiger partial charge in [0.05, 0.1) is 0 Å². The average molecular weight is 422 g/mol. The molecule has 2 rings (SSSR count). The van der Waals surface area contributed by atoms with E-state index in [2.05, 4.69) is 28.6 Å². The molecular weight excluding hydrogens is 387 g/mol. The molecule has 0 spiro atoms. The van der Waals surface area contributed by atoms with Crippen LogP contribution in [0.2, 0.25) is 0 Å². The maximum Gasteiger partial charge on any atom is 0.191 e. The number of hydrogen-bond donors (Lipinski definition) is 1. The van der Waals surface area contributed by atoms with Gasteiger partial charge >= 0.3 is 0 Å². The molecule has 2 heterocycles. The van der Waals surface area contributed by atoms with Gasteiger partial charge in [0.1, 0.15) is 0 Å². The summed E-state index contributed by atoms with van der Waals surface area (Å²) in [6.07, 6.45) is 7.75. The molecule has 0 aromatic carbocycles. The lowest BCUT2D eigenvalue weighted by atomic mass is 9.99. The van der Waals surface area contributed by atoms with Gasteiger partial charge in [-0.05, 0) is 70.0 Å². The van der Waals surface area contributed by atoms with Crippen molar-refractivity contribution < 1.29 is 0 Å². The third-order valence-electron chi connectivity index (χ3n) is 5.01. The van der Waals surface area contributed by atoms with E-state index in [0.29, 0.717) is 0 Å². The van der Waals surface area contributed by atoms with Crippen LogP contribution in [-0.4, -0.2) is 55.0 Å².